The maximum atomic E-state index is 12.7. The van der Waals surface area contributed by atoms with Gasteiger partial charge in [-0.25, -0.2) is 0 Å². The highest BCUT2D eigenvalue weighted by Crippen LogP contribution is 2.63. The zero-order valence-corrected chi connectivity index (χ0v) is 13.5. The zero-order valence-electron chi connectivity index (χ0n) is 13.5. The molecule has 3 heteroatoms. The molecule has 0 aromatic heterocycles. The lowest BCUT2D eigenvalue weighted by Crippen LogP contribution is -2.53. The van der Waals surface area contributed by atoms with E-state index in [-0.39, 0.29) is 22.4 Å². The van der Waals surface area contributed by atoms with Crippen LogP contribution in [-0.4, -0.2) is 17.3 Å². The monoisotopic (exact) mass is 300 g/mol. The fourth-order valence-electron chi connectivity index (χ4n) is 6.16. The lowest BCUT2D eigenvalue weighted by atomic mass is 9.47. The second-order valence-corrected chi connectivity index (χ2v) is 8.36. The Kier molecular flexibility index (Phi) is 2.87. The van der Waals surface area contributed by atoms with Crippen LogP contribution in [0, 0.1) is 28.6 Å². The highest BCUT2D eigenvalue weighted by molar-refractivity contribution is 6.06. The van der Waals surface area contributed by atoms with Gasteiger partial charge in [-0.3, -0.25) is 14.4 Å². The van der Waals surface area contributed by atoms with Gasteiger partial charge in [0.25, 0.3) is 0 Å². The van der Waals surface area contributed by atoms with Crippen LogP contribution in [0.2, 0.25) is 0 Å². The molecule has 4 aliphatic carbocycles. The molecule has 4 rings (SSSR count). The van der Waals surface area contributed by atoms with Crippen LogP contribution in [0.3, 0.4) is 0 Å². The SMILES string of the molecule is C[C@@]12CC[C@@H]3[C@H](CC(=O)C4=CC(=O)CC[C@@]43C)[C@H]1CCC2=O. The summed E-state index contributed by atoms with van der Waals surface area (Å²) in [4.78, 5) is 36.8. The van der Waals surface area contributed by atoms with Crippen molar-refractivity contribution in [2.45, 2.75) is 58.8 Å². The van der Waals surface area contributed by atoms with Crippen LogP contribution < -0.4 is 0 Å². The van der Waals surface area contributed by atoms with E-state index in [2.05, 4.69) is 13.8 Å². The summed E-state index contributed by atoms with van der Waals surface area (Å²) in [6, 6.07) is 0. The van der Waals surface area contributed by atoms with Gasteiger partial charge in [-0.05, 0) is 54.9 Å². The second kappa shape index (κ2) is 4.39. The molecule has 0 radical (unpaired) electrons. The summed E-state index contributed by atoms with van der Waals surface area (Å²) in [6.07, 6.45) is 7.19. The van der Waals surface area contributed by atoms with Gasteiger partial charge in [0.15, 0.2) is 11.6 Å². The summed E-state index contributed by atoms with van der Waals surface area (Å²) in [5.74, 6) is 1.87. The maximum absolute atomic E-state index is 12.7. The summed E-state index contributed by atoms with van der Waals surface area (Å²) in [5, 5.41) is 0. The fraction of sp³-hybridized carbons (Fsp3) is 0.737. The van der Waals surface area contributed by atoms with E-state index in [9.17, 15) is 14.4 Å². The minimum Gasteiger partial charge on any atom is -0.299 e. The average molecular weight is 300 g/mol. The predicted molar refractivity (Wildman–Crippen MR) is 82.1 cm³/mol. The number of carbonyl (C=O) groups is 3. The molecule has 0 unspecified atom stereocenters. The van der Waals surface area contributed by atoms with Crippen LogP contribution in [0.25, 0.3) is 0 Å². The van der Waals surface area contributed by atoms with Gasteiger partial charge in [0.2, 0.25) is 0 Å². The quantitative estimate of drug-likeness (QED) is 0.690. The third-order valence-corrected chi connectivity index (χ3v) is 7.50. The van der Waals surface area contributed by atoms with Crippen molar-refractivity contribution in [2.24, 2.45) is 28.6 Å². The zero-order chi connectivity index (χ0) is 15.7. The third-order valence-electron chi connectivity index (χ3n) is 7.50. The normalized spacial score (nSPS) is 47.6. The largest absolute Gasteiger partial charge is 0.299 e. The Hall–Kier alpha value is -1.25. The highest BCUT2D eigenvalue weighted by atomic mass is 16.1. The number of hydrogen-bond acceptors (Lipinski definition) is 3. The standard InChI is InChI=1S/C19H24O3/c1-18-7-5-11(20)9-15(18)16(21)10-12-13-3-4-17(22)19(13,2)8-6-14(12)18/h9,12-14H,3-8,10H2,1-2H3/t12-,13-,14-,18-,19-/m1/s1. The van der Waals surface area contributed by atoms with Crippen molar-refractivity contribution in [3.63, 3.8) is 0 Å². The van der Waals surface area contributed by atoms with E-state index in [1.807, 2.05) is 0 Å². The van der Waals surface area contributed by atoms with Crippen LogP contribution in [0.4, 0.5) is 0 Å². The molecular weight excluding hydrogens is 276 g/mol. The van der Waals surface area contributed by atoms with Crippen molar-refractivity contribution in [3.05, 3.63) is 11.6 Å². The maximum Gasteiger partial charge on any atom is 0.159 e. The lowest BCUT2D eigenvalue weighted by molar-refractivity contribution is -0.138. The van der Waals surface area contributed by atoms with Crippen LogP contribution in [-0.2, 0) is 14.4 Å². The second-order valence-electron chi connectivity index (χ2n) is 8.36. The molecule has 0 bridgehead atoms. The molecule has 118 valence electrons. The van der Waals surface area contributed by atoms with Gasteiger partial charge in [0.1, 0.15) is 5.78 Å². The first kappa shape index (κ1) is 14.3. The summed E-state index contributed by atoms with van der Waals surface area (Å²) < 4.78 is 0. The van der Waals surface area contributed by atoms with Crippen LogP contribution in [0.1, 0.15) is 58.8 Å². The Bertz CT molecular complexity index is 616. The van der Waals surface area contributed by atoms with Gasteiger partial charge < -0.3 is 0 Å². The first-order chi connectivity index (χ1) is 10.4. The van der Waals surface area contributed by atoms with E-state index in [0.29, 0.717) is 42.8 Å². The van der Waals surface area contributed by atoms with Crippen LogP contribution in [0.15, 0.2) is 11.6 Å². The van der Waals surface area contributed by atoms with E-state index >= 15 is 0 Å². The summed E-state index contributed by atoms with van der Waals surface area (Å²) >= 11 is 0. The molecule has 0 spiro atoms. The Balaban J connectivity index is 1.76. The molecule has 0 heterocycles. The molecule has 0 aromatic rings. The smallest absolute Gasteiger partial charge is 0.159 e. The van der Waals surface area contributed by atoms with Crippen LogP contribution >= 0.6 is 0 Å². The van der Waals surface area contributed by atoms with Crippen molar-refractivity contribution in [3.8, 4) is 0 Å². The molecule has 0 aliphatic heterocycles. The van der Waals surface area contributed by atoms with Gasteiger partial charge in [0.05, 0.1) is 0 Å². The molecule has 0 saturated heterocycles. The average Bonchev–Trinajstić information content (AvgIpc) is 2.77. The Labute approximate surface area is 131 Å². The van der Waals surface area contributed by atoms with E-state index in [0.717, 1.165) is 31.3 Å². The predicted octanol–water partition coefficient (Wildman–Crippen LogP) is 3.27. The molecule has 0 N–H and O–H groups in total. The first-order valence-corrected chi connectivity index (χ1v) is 8.68. The molecule has 3 fully saturated rings. The van der Waals surface area contributed by atoms with Gasteiger partial charge >= 0.3 is 0 Å². The van der Waals surface area contributed by atoms with E-state index in [1.165, 1.54) is 0 Å². The minimum atomic E-state index is -0.191. The van der Waals surface area contributed by atoms with Crippen molar-refractivity contribution >= 4 is 17.3 Å². The summed E-state index contributed by atoms with van der Waals surface area (Å²) in [5.41, 5.74) is 0.461. The number of Topliss-reactive ketones (excluding diaryl/α,β-unsaturated/α-hetero) is 2. The molecule has 0 aromatic carbocycles. The van der Waals surface area contributed by atoms with Gasteiger partial charge in [0, 0.05) is 30.3 Å². The van der Waals surface area contributed by atoms with Crippen molar-refractivity contribution in [2.75, 3.05) is 0 Å². The lowest BCUT2D eigenvalue weighted by Gasteiger charge is -2.56. The Morgan fingerprint density at radius 2 is 1.68 bits per heavy atom. The number of fused-ring (bicyclic) bond motifs is 5. The molecular formula is C19H24O3. The number of allylic oxidation sites excluding steroid dienone is 1. The topological polar surface area (TPSA) is 51.2 Å². The Morgan fingerprint density at radius 3 is 2.45 bits per heavy atom. The van der Waals surface area contributed by atoms with E-state index < -0.39 is 0 Å². The van der Waals surface area contributed by atoms with Crippen molar-refractivity contribution in [1.29, 1.82) is 0 Å². The third kappa shape index (κ3) is 1.65. The van der Waals surface area contributed by atoms with Gasteiger partial charge in [-0.2, -0.15) is 0 Å². The number of hydrogen-bond donors (Lipinski definition) is 0. The molecule has 22 heavy (non-hydrogen) atoms. The number of rotatable bonds is 0. The Morgan fingerprint density at radius 1 is 0.955 bits per heavy atom. The van der Waals surface area contributed by atoms with Gasteiger partial charge in [-0.15, -0.1) is 0 Å². The van der Waals surface area contributed by atoms with E-state index in [1.54, 1.807) is 6.08 Å². The number of carbonyl (C=O) groups excluding carboxylic acids is 3. The fourth-order valence-corrected chi connectivity index (χ4v) is 6.16. The van der Waals surface area contributed by atoms with Crippen molar-refractivity contribution in [1.82, 2.24) is 0 Å². The molecule has 4 aliphatic rings. The first-order valence-electron chi connectivity index (χ1n) is 8.68. The summed E-state index contributed by atoms with van der Waals surface area (Å²) in [7, 11) is 0. The molecule has 5 atom stereocenters. The summed E-state index contributed by atoms with van der Waals surface area (Å²) in [6.45, 7) is 4.32. The van der Waals surface area contributed by atoms with E-state index in [4.69, 9.17) is 0 Å². The molecule has 3 nitrogen and oxygen atoms in total. The molecule has 0 amide bonds. The van der Waals surface area contributed by atoms with Gasteiger partial charge in [-0.1, -0.05) is 13.8 Å². The highest BCUT2D eigenvalue weighted by Gasteiger charge is 2.60. The van der Waals surface area contributed by atoms with Crippen LogP contribution in [0.5, 0.6) is 0 Å². The number of ketones is 3. The molecule has 3 saturated carbocycles. The minimum absolute atomic E-state index is 0.107. The van der Waals surface area contributed by atoms with Crippen molar-refractivity contribution < 1.29 is 14.4 Å².